The normalized spacial score (nSPS) is 14.3. The van der Waals surface area contributed by atoms with Gasteiger partial charge in [0.25, 0.3) is 0 Å². The number of rotatable bonds is 13. The quantitative estimate of drug-likeness (QED) is 0.158. The van der Waals surface area contributed by atoms with Crippen LogP contribution in [0.4, 0.5) is 0 Å². The predicted octanol–water partition coefficient (Wildman–Crippen LogP) is 1.41. The molecule has 0 fully saturated rings. The van der Waals surface area contributed by atoms with E-state index in [1.54, 1.807) is 20.0 Å². The average molecular weight is 554 g/mol. The van der Waals surface area contributed by atoms with Crippen molar-refractivity contribution in [1.82, 2.24) is 20.9 Å². The lowest BCUT2D eigenvalue weighted by atomic mass is 10.0. The van der Waals surface area contributed by atoms with Crippen LogP contribution in [0.2, 0.25) is 0 Å². The molecular formula is C28H35N5O5S. The Morgan fingerprint density at radius 3 is 2.15 bits per heavy atom. The molecule has 0 saturated carbocycles. The Hall–Kier alpha value is -3.83. The van der Waals surface area contributed by atoms with Gasteiger partial charge in [-0.25, -0.2) is 4.79 Å². The van der Waals surface area contributed by atoms with Crippen molar-refractivity contribution in [2.45, 2.75) is 50.9 Å². The summed E-state index contributed by atoms with van der Waals surface area (Å²) >= 11 is 4.19. The first-order chi connectivity index (χ1) is 18.6. The zero-order chi connectivity index (χ0) is 28.5. The molecule has 2 aromatic carbocycles. The highest BCUT2D eigenvalue weighted by Crippen LogP contribution is 2.19. The zero-order valence-corrected chi connectivity index (χ0v) is 22.8. The number of aliphatic carboxylic acids is 1. The number of carbonyl (C=O) groups is 4. The van der Waals surface area contributed by atoms with Gasteiger partial charge >= 0.3 is 5.97 Å². The number of thiol groups is 1. The van der Waals surface area contributed by atoms with Gasteiger partial charge in [0.2, 0.25) is 17.7 Å². The van der Waals surface area contributed by atoms with E-state index in [1.807, 2.05) is 54.6 Å². The SMILES string of the molecule is CC(C)C(NC(=O)C(CS)NC(=O)C(N)Cc1ccccc1)C(=O)NC(Cc1c[nH]c2ccccc12)C(=O)O. The second-order valence-electron chi connectivity index (χ2n) is 9.73. The van der Waals surface area contributed by atoms with Crippen LogP contribution >= 0.6 is 12.6 Å². The summed E-state index contributed by atoms with van der Waals surface area (Å²) in [4.78, 5) is 53.9. The Balaban J connectivity index is 1.63. The highest BCUT2D eigenvalue weighted by molar-refractivity contribution is 7.80. The molecule has 3 aromatic rings. The molecule has 7 N–H and O–H groups in total. The monoisotopic (exact) mass is 553 g/mol. The lowest BCUT2D eigenvalue weighted by molar-refractivity contribution is -0.142. The predicted molar refractivity (Wildman–Crippen MR) is 152 cm³/mol. The van der Waals surface area contributed by atoms with Gasteiger partial charge in [0.15, 0.2) is 0 Å². The molecule has 1 heterocycles. The first-order valence-electron chi connectivity index (χ1n) is 12.7. The minimum absolute atomic E-state index is 0.0274. The van der Waals surface area contributed by atoms with Crippen LogP contribution < -0.4 is 21.7 Å². The Kier molecular flexibility index (Phi) is 10.5. The number of fused-ring (bicyclic) bond motifs is 1. The van der Waals surface area contributed by atoms with Gasteiger partial charge in [-0.1, -0.05) is 62.4 Å². The topological polar surface area (TPSA) is 166 Å². The largest absolute Gasteiger partial charge is 0.480 e. The lowest BCUT2D eigenvalue weighted by Gasteiger charge is -2.26. The molecule has 0 radical (unpaired) electrons. The molecule has 0 bridgehead atoms. The van der Waals surface area contributed by atoms with E-state index in [0.717, 1.165) is 22.0 Å². The van der Waals surface area contributed by atoms with E-state index < -0.39 is 47.9 Å². The fraction of sp³-hybridized carbons (Fsp3) is 0.357. The first-order valence-corrected chi connectivity index (χ1v) is 13.3. The number of hydrogen-bond donors (Lipinski definition) is 7. The molecule has 10 nitrogen and oxygen atoms in total. The number of carboxylic acid groups (broad SMARTS) is 1. The number of nitrogens with one attached hydrogen (secondary N) is 4. The van der Waals surface area contributed by atoms with Gasteiger partial charge in [-0.3, -0.25) is 14.4 Å². The van der Waals surface area contributed by atoms with E-state index in [-0.39, 0.29) is 24.5 Å². The van der Waals surface area contributed by atoms with Crippen LogP contribution in [-0.2, 0) is 32.0 Å². The summed E-state index contributed by atoms with van der Waals surface area (Å²) in [7, 11) is 0. The molecular weight excluding hydrogens is 518 g/mol. The highest BCUT2D eigenvalue weighted by atomic mass is 32.1. The molecule has 208 valence electrons. The summed E-state index contributed by atoms with van der Waals surface area (Å²) in [6.45, 7) is 3.45. The minimum atomic E-state index is -1.22. The van der Waals surface area contributed by atoms with E-state index in [0.29, 0.717) is 0 Å². The van der Waals surface area contributed by atoms with Crippen molar-refractivity contribution in [3.63, 3.8) is 0 Å². The number of benzene rings is 2. The van der Waals surface area contributed by atoms with Gasteiger partial charge < -0.3 is 31.8 Å². The van der Waals surface area contributed by atoms with Crippen LogP contribution in [0.25, 0.3) is 10.9 Å². The van der Waals surface area contributed by atoms with Crippen molar-refractivity contribution < 1.29 is 24.3 Å². The van der Waals surface area contributed by atoms with E-state index in [4.69, 9.17) is 5.73 Å². The average Bonchev–Trinajstić information content (AvgIpc) is 3.32. The van der Waals surface area contributed by atoms with Gasteiger partial charge in [0, 0.05) is 29.3 Å². The second kappa shape index (κ2) is 13.8. The van der Waals surface area contributed by atoms with Crippen molar-refractivity contribution in [3.8, 4) is 0 Å². The van der Waals surface area contributed by atoms with Gasteiger partial charge in [-0.05, 0) is 29.5 Å². The maximum absolute atomic E-state index is 13.1. The molecule has 0 spiro atoms. The number of amides is 3. The van der Waals surface area contributed by atoms with E-state index >= 15 is 0 Å². The molecule has 0 aliphatic carbocycles. The summed E-state index contributed by atoms with van der Waals surface area (Å²) in [6.07, 6.45) is 2.06. The summed E-state index contributed by atoms with van der Waals surface area (Å²) in [6, 6.07) is 12.5. The maximum atomic E-state index is 13.1. The Labute approximate surface area is 232 Å². The standard InChI is InChI=1S/C28H35N5O5S/c1-16(2)24(27(36)31-22(28(37)38)13-18-14-30-21-11-7-6-10-19(18)21)33-26(35)23(15-39)32-25(34)20(29)12-17-8-4-3-5-9-17/h3-11,14,16,20,22-24,30,39H,12-13,15,29H2,1-2H3,(H,31,36)(H,32,34)(H,33,35)(H,37,38). The van der Waals surface area contributed by atoms with Crippen LogP contribution in [0, 0.1) is 5.92 Å². The number of aromatic amines is 1. The third kappa shape index (κ3) is 8.08. The van der Waals surface area contributed by atoms with Crippen LogP contribution in [0.5, 0.6) is 0 Å². The minimum Gasteiger partial charge on any atom is -0.480 e. The molecule has 11 heteroatoms. The summed E-state index contributed by atoms with van der Waals surface area (Å²) in [5.41, 5.74) is 8.52. The van der Waals surface area contributed by atoms with Crippen molar-refractivity contribution in [2.75, 3.05) is 5.75 Å². The van der Waals surface area contributed by atoms with Crippen LogP contribution in [0.1, 0.15) is 25.0 Å². The molecule has 39 heavy (non-hydrogen) atoms. The van der Waals surface area contributed by atoms with Crippen LogP contribution in [0.3, 0.4) is 0 Å². The molecule has 0 aliphatic heterocycles. The van der Waals surface area contributed by atoms with Gasteiger partial charge in [0.05, 0.1) is 6.04 Å². The molecule has 0 aliphatic rings. The fourth-order valence-corrected chi connectivity index (χ4v) is 4.46. The van der Waals surface area contributed by atoms with Gasteiger partial charge in [-0.2, -0.15) is 12.6 Å². The number of para-hydroxylation sites is 1. The second-order valence-corrected chi connectivity index (χ2v) is 10.1. The van der Waals surface area contributed by atoms with Crippen molar-refractivity contribution >= 4 is 47.2 Å². The number of carbonyl (C=O) groups excluding carboxylic acids is 3. The summed E-state index contributed by atoms with van der Waals surface area (Å²) in [5.74, 6) is -3.38. The number of hydrogen-bond acceptors (Lipinski definition) is 6. The first kappa shape index (κ1) is 29.7. The van der Waals surface area contributed by atoms with Gasteiger partial charge in [-0.15, -0.1) is 0 Å². The lowest BCUT2D eigenvalue weighted by Crippen LogP contribution is -2.59. The molecule has 3 amide bonds. The Bertz CT molecular complexity index is 1300. The molecule has 4 unspecified atom stereocenters. The third-order valence-electron chi connectivity index (χ3n) is 6.41. The summed E-state index contributed by atoms with van der Waals surface area (Å²) < 4.78 is 0. The third-order valence-corrected chi connectivity index (χ3v) is 6.78. The smallest absolute Gasteiger partial charge is 0.326 e. The highest BCUT2D eigenvalue weighted by Gasteiger charge is 2.32. The van der Waals surface area contributed by atoms with E-state index in [9.17, 15) is 24.3 Å². The zero-order valence-electron chi connectivity index (χ0n) is 21.9. The molecule has 4 atom stereocenters. The fourth-order valence-electron chi connectivity index (χ4n) is 4.20. The van der Waals surface area contributed by atoms with Crippen molar-refractivity contribution in [1.29, 1.82) is 0 Å². The Morgan fingerprint density at radius 2 is 1.51 bits per heavy atom. The van der Waals surface area contributed by atoms with Crippen LogP contribution in [0.15, 0.2) is 60.8 Å². The number of carboxylic acids is 1. The number of aromatic nitrogens is 1. The maximum Gasteiger partial charge on any atom is 0.326 e. The Morgan fingerprint density at radius 1 is 0.872 bits per heavy atom. The van der Waals surface area contributed by atoms with Crippen LogP contribution in [-0.4, -0.2) is 63.7 Å². The van der Waals surface area contributed by atoms with Crippen molar-refractivity contribution in [3.05, 3.63) is 71.9 Å². The molecule has 0 saturated heterocycles. The number of H-pyrrole nitrogens is 1. The van der Waals surface area contributed by atoms with Gasteiger partial charge in [0.1, 0.15) is 18.1 Å². The van der Waals surface area contributed by atoms with E-state index in [1.165, 1.54) is 0 Å². The molecule has 1 aromatic heterocycles. The van der Waals surface area contributed by atoms with E-state index in [2.05, 4.69) is 33.6 Å². The summed E-state index contributed by atoms with van der Waals surface area (Å²) in [5, 5.41) is 18.5. The number of nitrogens with two attached hydrogens (primary N) is 1. The molecule has 3 rings (SSSR count). The van der Waals surface area contributed by atoms with Crippen molar-refractivity contribution in [2.24, 2.45) is 11.7 Å².